The van der Waals surface area contributed by atoms with Gasteiger partial charge in [-0.25, -0.2) is 9.82 Å². The molecule has 21 heavy (non-hydrogen) atoms. The first kappa shape index (κ1) is 15.8. The third kappa shape index (κ3) is 2.88. The second-order valence-corrected chi connectivity index (χ2v) is 5.26. The molecule has 3 N–H and O–H groups in total. The van der Waals surface area contributed by atoms with Crippen molar-refractivity contribution >= 4 is 11.6 Å². The molecule has 0 aliphatic carbocycles. The number of nitrogens with zero attached hydrogens (tertiary/aromatic N) is 2. The van der Waals surface area contributed by atoms with Crippen LogP contribution in [0.3, 0.4) is 0 Å². The van der Waals surface area contributed by atoms with E-state index in [2.05, 4.69) is 10.5 Å². The van der Waals surface area contributed by atoms with Crippen molar-refractivity contribution in [3.8, 4) is 5.75 Å². The molecule has 0 fully saturated rings. The zero-order valence-electron chi connectivity index (χ0n) is 12.1. The Bertz CT molecular complexity index is 629. The van der Waals surface area contributed by atoms with Gasteiger partial charge in [-0.05, 0) is 25.5 Å². The maximum Gasteiger partial charge on any atom is 0.161 e. The topological polar surface area (TPSA) is 65.1 Å². The minimum absolute atomic E-state index is 0.0269. The van der Waals surface area contributed by atoms with E-state index in [1.165, 1.54) is 6.07 Å². The number of nitrogens with two attached hydrogens (primary N) is 1. The maximum atomic E-state index is 13.7. The zero-order chi connectivity index (χ0) is 15.6. The van der Waals surface area contributed by atoms with Gasteiger partial charge in [0.15, 0.2) is 5.75 Å². The Morgan fingerprint density at radius 1 is 1.43 bits per heavy atom. The van der Waals surface area contributed by atoms with Crippen LogP contribution in [-0.4, -0.2) is 16.9 Å². The lowest BCUT2D eigenvalue weighted by molar-refractivity contribution is 0.394. The standard InChI is InChI=1S/C14H18ClFN4O/c1-8(2)20-14(11(21-3)7-18-20)13(19-17)9-5-4-6-10(16)12(9)15/h4-8,13,19H,17H2,1-3H3. The third-order valence-electron chi connectivity index (χ3n) is 3.24. The average molecular weight is 313 g/mol. The van der Waals surface area contributed by atoms with Crippen LogP contribution >= 0.6 is 11.6 Å². The van der Waals surface area contributed by atoms with Gasteiger partial charge < -0.3 is 4.74 Å². The molecule has 2 aromatic rings. The molecule has 7 heteroatoms. The van der Waals surface area contributed by atoms with Crippen LogP contribution in [0.15, 0.2) is 24.4 Å². The Balaban J connectivity index is 2.61. The first-order valence-electron chi connectivity index (χ1n) is 6.52. The fraction of sp³-hybridized carbons (Fsp3) is 0.357. The molecule has 0 spiro atoms. The van der Waals surface area contributed by atoms with E-state index in [0.717, 1.165) is 0 Å². The largest absolute Gasteiger partial charge is 0.493 e. The van der Waals surface area contributed by atoms with Crippen molar-refractivity contribution < 1.29 is 9.13 Å². The fourth-order valence-electron chi connectivity index (χ4n) is 2.26. The Hall–Kier alpha value is -1.63. The molecule has 2 rings (SSSR count). The van der Waals surface area contributed by atoms with Crippen molar-refractivity contribution in [2.75, 3.05) is 7.11 Å². The average Bonchev–Trinajstić information content (AvgIpc) is 2.88. The van der Waals surface area contributed by atoms with Crippen molar-refractivity contribution in [2.24, 2.45) is 5.84 Å². The van der Waals surface area contributed by atoms with Gasteiger partial charge in [-0.2, -0.15) is 5.10 Å². The van der Waals surface area contributed by atoms with E-state index in [4.69, 9.17) is 22.2 Å². The van der Waals surface area contributed by atoms with Gasteiger partial charge in [0.1, 0.15) is 11.5 Å². The van der Waals surface area contributed by atoms with E-state index in [-0.39, 0.29) is 11.1 Å². The van der Waals surface area contributed by atoms with Gasteiger partial charge in [0.05, 0.1) is 24.4 Å². The quantitative estimate of drug-likeness (QED) is 0.658. The van der Waals surface area contributed by atoms with E-state index in [1.54, 1.807) is 30.1 Å². The molecular formula is C14H18ClFN4O. The van der Waals surface area contributed by atoms with E-state index < -0.39 is 11.9 Å². The molecule has 0 saturated carbocycles. The summed E-state index contributed by atoms with van der Waals surface area (Å²) in [6.07, 6.45) is 1.60. The Kier molecular flexibility index (Phi) is 4.82. The van der Waals surface area contributed by atoms with Gasteiger partial charge >= 0.3 is 0 Å². The van der Waals surface area contributed by atoms with Crippen LogP contribution in [0.4, 0.5) is 4.39 Å². The molecule has 0 radical (unpaired) electrons. The normalized spacial score (nSPS) is 12.7. The number of hydrazine groups is 1. The smallest absolute Gasteiger partial charge is 0.161 e. The van der Waals surface area contributed by atoms with Gasteiger partial charge in [-0.3, -0.25) is 10.5 Å². The number of benzene rings is 1. The second kappa shape index (κ2) is 6.43. The predicted molar refractivity (Wildman–Crippen MR) is 79.7 cm³/mol. The summed E-state index contributed by atoms with van der Waals surface area (Å²) in [4.78, 5) is 0. The van der Waals surface area contributed by atoms with Crippen LogP contribution in [0.25, 0.3) is 0 Å². The number of nitrogens with one attached hydrogen (secondary N) is 1. The van der Waals surface area contributed by atoms with Crippen LogP contribution in [0.1, 0.15) is 37.2 Å². The summed E-state index contributed by atoms with van der Waals surface area (Å²) in [6, 6.07) is 4.16. The van der Waals surface area contributed by atoms with Crippen molar-refractivity contribution in [1.29, 1.82) is 0 Å². The monoisotopic (exact) mass is 312 g/mol. The molecule has 0 amide bonds. The summed E-state index contributed by atoms with van der Waals surface area (Å²) in [6.45, 7) is 3.97. The highest BCUT2D eigenvalue weighted by Crippen LogP contribution is 2.35. The number of ether oxygens (including phenoxy) is 1. The highest BCUT2D eigenvalue weighted by Gasteiger charge is 2.26. The van der Waals surface area contributed by atoms with E-state index in [1.807, 2.05) is 13.8 Å². The van der Waals surface area contributed by atoms with Crippen LogP contribution in [0.5, 0.6) is 5.75 Å². The van der Waals surface area contributed by atoms with Crippen LogP contribution in [-0.2, 0) is 0 Å². The SMILES string of the molecule is COc1cnn(C(C)C)c1C(NN)c1cccc(F)c1Cl. The molecule has 0 saturated heterocycles. The number of hydrogen-bond donors (Lipinski definition) is 2. The van der Waals surface area contributed by atoms with Gasteiger partial charge in [-0.1, -0.05) is 23.7 Å². The highest BCUT2D eigenvalue weighted by molar-refractivity contribution is 6.31. The lowest BCUT2D eigenvalue weighted by atomic mass is 10.0. The van der Waals surface area contributed by atoms with Gasteiger partial charge in [-0.15, -0.1) is 0 Å². The number of methoxy groups -OCH3 is 1. The summed E-state index contributed by atoms with van der Waals surface area (Å²) in [7, 11) is 1.55. The third-order valence-corrected chi connectivity index (χ3v) is 3.64. The first-order valence-corrected chi connectivity index (χ1v) is 6.90. The molecule has 1 aromatic heterocycles. The van der Waals surface area contributed by atoms with Gasteiger partial charge in [0.2, 0.25) is 0 Å². The second-order valence-electron chi connectivity index (χ2n) is 4.88. The Morgan fingerprint density at radius 2 is 2.14 bits per heavy atom. The summed E-state index contributed by atoms with van der Waals surface area (Å²) < 4.78 is 20.8. The number of halogens is 2. The minimum atomic E-state index is -0.534. The Morgan fingerprint density at radius 3 is 2.71 bits per heavy atom. The molecular weight excluding hydrogens is 295 g/mol. The molecule has 1 unspecified atom stereocenters. The maximum absolute atomic E-state index is 13.7. The van der Waals surface area contributed by atoms with E-state index in [9.17, 15) is 4.39 Å². The van der Waals surface area contributed by atoms with Crippen molar-refractivity contribution in [3.05, 3.63) is 46.5 Å². The van der Waals surface area contributed by atoms with Crippen molar-refractivity contribution in [3.63, 3.8) is 0 Å². The van der Waals surface area contributed by atoms with Crippen molar-refractivity contribution in [2.45, 2.75) is 25.9 Å². The Labute approximate surface area is 127 Å². The summed E-state index contributed by atoms with van der Waals surface area (Å²) in [5, 5.41) is 4.32. The van der Waals surface area contributed by atoms with E-state index in [0.29, 0.717) is 17.0 Å². The molecule has 0 aliphatic rings. The van der Waals surface area contributed by atoms with Gasteiger partial charge in [0.25, 0.3) is 0 Å². The first-order chi connectivity index (χ1) is 10.0. The molecule has 0 aliphatic heterocycles. The van der Waals surface area contributed by atoms with Crippen LogP contribution < -0.4 is 16.0 Å². The van der Waals surface area contributed by atoms with Gasteiger partial charge in [0, 0.05) is 6.04 Å². The zero-order valence-corrected chi connectivity index (χ0v) is 12.9. The summed E-state index contributed by atoms with van der Waals surface area (Å²) in [5.74, 6) is 5.75. The molecule has 1 heterocycles. The van der Waals surface area contributed by atoms with Crippen LogP contribution in [0, 0.1) is 5.82 Å². The minimum Gasteiger partial charge on any atom is -0.493 e. The number of rotatable bonds is 5. The van der Waals surface area contributed by atoms with E-state index >= 15 is 0 Å². The molecule has 5 nitrogen and oxygen atoms in total. The lowest BCUT2D eigenvalue weighted by Crippen LogP contribution is -2.31. The molecule has 0 bridgehead atoms. The van der Waals surface area contributed by atoms with Crippen molar-refractivity contribution in [1.82, 2.24) is 15.2 Å². The molecule has 1 aromatic carbocycles. The fourth-order valence-corrected chi connectivity index (χ4v) is 2.49. The summed E-state index contributed by atoms with van der Waals surface area (Å²) in [5.41, 5.74) is 3.89. The highest BCUT2D eigenvalue weighted by atomic mass is 35.5. The number of hydrogen-bond acceptors (Lipinski definition) is 4. The molecule has 1 atom stereocenters. The summed E-state index contributed by atoms with van der Waals surface area (Å²) >= 11 is 6.07. The van der Waals surface area contributed by atoms with Crippen LogP contribution in [0.2, 0.25) is 5.02 Å². The predicted octanol–water partition coefficient (Wildman–Crippen LogP) is 2.82. The lowest BCUT2D eigenvalue weighted by Gasteiger charge is -2.22. The molecule has 114 valence electrons. The number of aromatic nitrogens is 2.